The number of rotatable bonds is 5. The Kier molecular flexibility index (Phi) is 8.50. The highest BCUT2D eigenvalue weighted by Gasteiger charge is 2.22. The van der Waals surface area contributed by atoms with Gasteiger partial charge in [-0.2, -0.15) is 0 Å². The number of para-hydroxylation sites is 2. The smallest absolute Gasteiger partial charge is 0.0463 e. The summed E-state index contributed by atoms with van der Waals surface area (Å²) in [6.45, 7) is 0. The number of hydrogen-bond acceptors (Lipinski definition) is 3. The molecule has 242 valence electrons. The Balaban J connectivity index is 1.18. The predicted octanol–water partition coefficient (Wildman–Crippen LogP) is 14.4. The quantitative estimate of drug-likeness (QED) is 0.193. The van der Waals surface area contributed by atoms with Crippen molar-refractivity contribution < 1.29 is 0 Å². The summed E-state index contributed by atoms with van der Waals surface area (Å²) in [5, 5.41) is 3.63. The molecule has 1 nitrogen and oxygen atoms in total. The van der Waals surface area contributed by atoms with Gasteiger partial charge in [0.05, 0.1) is 0 Å². The lowest BCUT2D eigenvalue weighted by molar-refractivity contribution is 1.32. The molecule has 51 heavy (non-hydrogen) atoms. The average Bonchev–Trinajstić information content (AvgIpc) is 3.19. The van der Waals surface area contributed by atoms with E-state index in [1.807, 2.05) is 29.6 Å². The van der Waals surface area contributed by atoms with Gasteiger partial charge in [-0.05, 0) is 99.1 Å². The van der Waals surface area contributed by atoms with Crippen LogP contribution in [0.1, 0.15) is 0 Å². The van der Waals surface area contributed by atoms with Gasteiger partial charge in [0.1, 0.15) is 0 Å². The number of benzene rings is 8. The average molecular weight is 688 g/mol. The molecule has 0 fully saturated rings. The second-order valence-corrected chi connectivity index (χ2v) is 14.7. The van der Waals surface area contributed by atoms with Gasteiger partial charge in [-0.25, -0.2) is 0 Å². The third-order valence-electron chi connectivity index (χ3n) is 9.35. The van der Waals surface area contributed by atoms with Gasteiger partial charge in [-0.3, -0.25) is 0 Å². The van der Waals surface area contributed by atoms with Gasteiger partial charge in [-0.15, -0.1) is 0 Å². The second-order valence-electron chi connectivity index (χ2n) is 12.6. The van der Waals surface area contributed by atoms with Crippen LogP contribution in [-0.4, -0.2) is 0 Å². The molecule has 1 aliphatic rings. The van der Waals surface area contributed by atoms with Crippen molar-refractivity contribution in [3.63, 3.8) is 0 Å². The fourth-order valence-corrected chi connectivity index (χ4v) is 9.14. The molecular weight excluding hydrogens is 655 g/mol. The maximum atomic E-state index is 3.63. The summed E-state index contributed by atoms with van der Waals surface area (Å²) in [5.74, 6) is 0. The van der Waals surface area contributed by atoms with Gasteiger partial charge in [0.15, 0.2) is 0 Å². The Bertz CT molecular complexity index is 2510. The Morgan fingerprint density at radius 2 is 0.824 bits per heavy atom. The number of hydrogen-bond donors (Lipinski definition) is 1. The van der Waals surface area contributed by atoms with E-state index >= 15 is 0 Å². The summed E-state index contributed by atoms with van der Waals surface area (Å²) in [6.07, 6.45) is 0. The van der Waals surface area contributed by atoms with Gasteiger partial charge in [-0.1, -0.05) is 163 Å². The first-order valence-corrected chi connectivity index (χ1v) is 18.8. The molecule has 0 atom stereocenters. The van der Waals surface area contributed by atoms with Crippen molar-refractivity contribution in [3.8, 4) is 55.6 Å². The van der Waals surface area contributed by atoms with Crippen LogP contribution in [0.2, 0.25) is 0 Å². The van der Waals surface area contributed by atoms with E-state index in [2.05, 4.69) is 193 Å². The molecule has 0 aromatic heterocycles. The normalized spacial score (nSPS) is 11.8. The fourth-order valence-electron chi connectivity index (χ4n) is 6.93. The standard InChI is InChI=1S/C48H33NS2/c1-3-15-33(16-4-1)39-24-14-28-47-48(39)41-23-9-12-27-45(41)50-44-26-11-8-22-40(44)42-32-35(29-30-46(42)51-47)34-17-13-18-36(31-34)38-21-7-10-25-43(38)49-37-19-5-2-6-20-37/h1-32,49H. The van der Waals surface area contributed by atoms with E-state index in [0.717, 1.165) is 11.4 Å². The SMILES string of the molecule is c1ccc(Nc2ccccc2-c2cccc(-c3ccc4c(c3)-c3ccccc3Sc3ccccc3-c3c(cccc3-c3ccccc3)S4)c2)cc1. The molecule has 0 spiro atoms. The summed E-state index contributed by atoms with van der Waals surface area (Å²) >= 11 is 3.72. The maximum Gasteiger partial charge on any atom is 0.0463 e. The van der Waals surface area contributed by atoms with E-state index in [-0.39, 0.29) is 0 Å². The van der Waals surface area contributed by atoms with Crippen LogP contribution in [0.25, 0.3) is 55.6 Å². The van der Waals surface area contributed by atoms with Gasteiger partial charge < -0.3 is 5.32 Å². The molecule has 1 heterocycles. The van der Waals surface area contributed by atoms with Crippen molar-refractivity contribution in [1.29, 1.82) is 0 Å². The molecule has 3 heteroatoms. The largest absolute Gasteiger partial charge is 0.355 e. The zero-order valence-electron chi connectivity index (χ0n) is 27.8. The van der Waals surface area contributed by atoms with Crippen LogP contribution in [-0.2, 0) is 0 Å². The maximum absolute atomic E-state index is 3.63. The number of anilines is 2. The lowest BCUT2D eigenvalue weighted by atomic mass is 9.94. The molecule has 9 rings (SSSR count). The topological polar surface area (TPSA) is 12.0 Å². The van der Waals surface area contributed by atoms with Crippen molar-refractivity contribution in [1.82, 2.24) is 0 Å². The molecule has 1 aliphatic heterocycles. The molecular formula is C48H33NS2. The first-order valence-electron chi connectivity index (χ1n) is 17.2. The highest BCUT2D eigenvalue weighted by Crippen LogP contribution is 2.51. The van der Waals surface area contributed by atoms with Crippen molar-refractivity contribution in [2.24, 2.45) is 0 Å². The third-order valence-corrected chi connectivity index (χ3v) is 11.6. The van der Waals surface area contributed by atoms with E-state index < -0.39 is 0 Å². The molecule has 0 amide bonds. The van der Waals surface area contributed by atoms with E-state index in [4.69, 9.17) is 0 Å². The summed E-state index contributed by atoms with van der Waals surface area (Å²) in [7, 11) is 0. The second kappa shape index (κ2) is 13.9. The van der Waals surface area contributed by atoms with Gasteiger partial charge in [0.25, 0.3) is 0 Å². The Labute approximate surface area is 308 Å². The first-order chi connectivity index (χ1) is 25.3. The Hall–Kier alpha value is -5.74. The first kappa shape index (κ1) is 31.3. The highest BCUT2D eigenvalue weighted by atomic mass is 32.2. The van der Waals surface area contributed by atoms with Crippen LogP contribution in [0.5, 0.6) is 0 Å². The monoisotopic (exact) mass is 687 g/mol. The van der Waals surface area contributed by atoms with Crippen LogP contribution in [0, 0.1) is 0 Å². The number of fused-ring (bicyclic) bond motifs is 6. The van der Waals surface area contributed by atoms with Crippen LogP contribution < -0.4 is 5.32 Å². The Morgan fingerprint density at radius 1 is 0.294 bits per heavy atom. The van der Waals surface area contributed by atoms with Gasteiger partial charge in [0, 0.05) is 42.1 Å². The molecule has 0 bridgehead atoms. The zero-order valence-corrected chi connectivity index (χ0v) is 29.4. The molecule has 0 saturated carbocycles. The van der Waals surface area contributed by atoms with E-state index in [1.54, 1.807) is 0 Å². The minimum atomic E-state index is 1.07. The summed E-state index contributed by atoms with van der Waals surface area (Å²) in [5.41, 5.74) is 14.4. The Morgan fingerprint density at radius 3 is 1.65 bits per heavy atom. The molecule has 0 aliphatic carbocycles. The fraction of sp³-hybridized carbons (Fsp3) is 0. The molecule has 8 aromatic carbocycles. The van der Waals surface area contributed by atoms with Crippen molar-refractivity contribution in [2.45, 2.75) is 19.6 Å². The zero-order chi connectivity index (χ0) is 34.0. The van der Waals surface area contributed by atoms with Crippen LogP contribution >= 0.6 is 23.5 Å². The molecule has 0 radical (unpaired) electrons. The van der Waals surface area contributed by atoms with E-state index in [9.17, 15) is 0 Å². The van der Waals surface area contributed by atoms with E-state index in [0.29, 0.717) is 0 Å². The highest BCUT2D eigenvalue weighted by molar-refractivity contribution is 8.00. The summed E-state index contributed by atoms with van der Waals surface area (Å²) in [6, 6.07) is 70.1. The molecule has 0 unspecified atom stereocenters. The van der Waals surface area contributed by atoms with Crippen molar-refractivity contribution in [3.05, 3.63) is 194 Å². The van der Waals surface area contributed by atoms with Gasteiger partial charge in [0.2, 0.25) is 0 Å². The lowest BCUT2D eigenvalue weighted by Gasteiger charge is -2.22. The molecule has 8 aromatic rings. The van der Waals surface area contributed by atoms with Crippen molar-refractivity contribution >= 4 is 34.9 Å². The minimum absolute atomic E-state index is 1.07. The predicted molar refractivity (Wildman–Crippen MR) is 218 cm³/mol. The van der Waals surface area contributed by atoms with Crippen LogP contribution in [0.3, 0.4) is 0 Å². The minimum Gasteiger partial charge on any atom is -0.355 e. The third kappa shape index (κ3) is 6.27. The molecule has 0 saturated heterocycles. The lowest BCUT2D eigenvalue weighted by Crippen LogP contribution is -1.95. The van der Waals surface area contributed by atoms with Gasteiger partial charge >= 0.3 is 0 Å². The molecule has 1 N–H and O–H groups in total. The van der Waals surface area contributed by atoms with Crippen LogP contribution in [0.15, 0.2) is 214 Å². The van der Waals surface area contributed by atoms with Crippen LogP contribution in [0.4, 0.5) is 11.4 Å². The summed E-state index contributed by atoms with van der Waals surface area (Å²) in [4.78, 5) is 5.00. The van der Waals surface area contributed by atoms with Crippen molar-refractivity contribution in [2.75, 3.05) is 5.32 Å². The number of nitrogens with one attached hydrogen (secondary N) is 1. The van der Waals surface area contributed by atoms with E-state index in [1.165, 1.54) is 75.2 Å². The summed E-state index contributed by atoms with van der Waals surface area (Å²) < 4.78 is 0.